The summed E-state index contributed by atoms with van der Waals surface area (Å²) in [5.41, 5.74) is -0.0788. The summed E-state index contributed by atoms with van der Waals surface area (Å²) < 4.78 is 34.5. The lowest BCUT2D eigenvalue weighted by atomic mass is 9.87. The first-order chi connectivity index (χ1) is 16.7. The topological polar surface area (TPSA) is 137 Å². The van der Waals surface area contributed by atoms with Crippen LogP contribution < -0.4 is 20.1 Å². The highest BCUT2D eigenvalue weighted by Crippen LogP contribution is 2.27. The van der Waals surface area contributed by atoms with Crippen LogP contribution in [0.25, 0.3) is 0 Å². The molecule has 3 aliphatic rings. The van der Waals surface area contributed by atoms with Gasteiger partial charge in [-0.25, -0.2) is 4.79 Å². The monoisotopic (exact) mass is 543 g/mol. The first-order valence-electron chi connectivity index (χ1n) is 12.1. The minimum absolute atomic E-state index is 0. The van der Waals surface area contributed by atoms with E-state index in [1.54, 1.807) is 18.2 Å². The van der Waals surface area contributed by atoms with Gasteiger partial charge in [-0.05, 0) is 63.3 Å². The number of imide groups is 1. The van der Waals surface area contributed by atoms with Crippen LogP contribution in [0.15, 0.2) is 18.2 Å². The second-order valence-corrected chi connectivity index (χ2v) is 11.0. The fraction of sp³-hybridized carbons (Fsp3) is 0.609. The van der Waals surface area contributed by atoms with Gasteiger partial charge in [0.15, 0.2) is 5.78 Å². The van der Waals surface area contributed by atoms with Gasteiger partial charge in [-0.1, -0.05) is 0 Å². The van der Waals surface area contributed by atoms with Crippen molar-refractivity contribution in [3.63, 3.8) is 0 Å². The van der Waals surface area contributed by atoms with E-state index in [0.29, 0.717) is 68.9 Å². The van der Waals surface area contributed by atoms with Crippen molar-refractivity contribution in [3.05, 3.63) is 23.8 Å². The molecule has 3 amide bonds. The lowest BCUT2D eigenvalue weighted by Gasteiger charge is -2.36. The van der Waals surface area contributed by atoms with Gasteiger partial charge in [-0.3, -0.25) is 19.6 Å². The molecule has 4 rings (SSSR count). The van der Waals surface area contributed by atoms with Gasteiger partial charge in [0.1, 0.15) is 11.3 Å². The number of unbranched alkanes of at least 4 members (excludes halogenated alkanes) is 1. The van der Waals surface area contributed by atoms with Gasteiger partial charge >= 0.3 is 16.2 Å². The summed E-state index contributed by atoms with van der Waals surface area (Å²) >= 11 is 0. The van der Waals surface area contributed by atoms with Crippen molar-refractivity contribution >= 4 is 46.0 Å². The number of anilines is 1. The lowest BCUT2D eigenvalue weighted by Crippen LogP contribution is -2.54. The van der Waals surface area contributed by atoms with Crippen molar-refractivity contribution in [1.82, 2.24) is 19.8 Å². The molecule has 0 atom stereocenters. The summed E-state index contributed by atoms with van der Waals surface area (Å²) in [4.78, 5) is 38.7. The number of hydrogen-bond donors (Lipinski definition) is 3. The number of benzene rings is 1. The van der Waals surface area contributed by atoms with Gasteiger partial charge < -0.3 is 15.0 Å². The molecule has 0 unspecified atom stereocenters. The van der Waals surface area contributed by atoms with Crippen molar-refractivity contribution in [2.75, 3.05) is 44.6 Å². The fourth-order valence-corrected chi connectivity index (χ4v) is 6.22. The largest absolute Gasteiger partial charge is 0.496 e. The number of nitrogens with zero attached hydrogens (tertiary/aromatic N) is 2. The summed E-state index contributed by atoms with van der Waals surface area (Å²) in [6.45, 7) is 3.20. The number of ether oxygens (including phenoxy) is 1. The zero-order valence-corrected chi connectivity index (χ0v) is 22.0. The number of piperidine rings is 1. The molecule has 3 fully saturated rings. The number of amides is 3. The number of likely N-dealkylation sites (tertiary alicyclic amines) is 1. The number of hydrogen-bond acceptors (Lipinski definition) is 7. The number of carbonyl (C=O) groups is 3. The summed E-state index contributed by atoms with van der Waals surface area (Å²) in [6, 6.07) is 4.32. The molecule has 0 aliphatic carbocycles. The maximum atomic E-state index is 12.9. The Labute approximate surface area is 217 Å². The van der Waals surface area contributed by atoms with E-state index in [2.05, 4.69) is 20.3 Å². The zero-order chi connectivity index (χ0) is 25.1. The second-order valence-electron chi connectivity index (χ2n) is 9.34. The van der Waals surface area contributed by atoms with E-state index in [9.17, 15) is 22.8 Å². The van der Waals surface area contributed by atoms with Crippen molar-refractivity contribution in [1.29, 1.82) is 0 Å². The molecule has 36 heavy (non-hydrogen) atoms. The zero-order valence-electron chi connectivity index (χ0n) is 20.4. The van der Waals surface area contributed by atoms with Crippen LogP contribution in [0, 0.1) is 0 Å². The smallest absolute Gasteiger partial charge is 0.322 e. The highest BCUT2D eigenvalue weighted by atomic mass is 35.5. The molecule has 3 saturated heterocycles. The molecule has 11 nitrogen and oxygen atoms in total. The molecule has 1 aromatic carbocycles. The normalized spacial score (nSPS) is 20.0. The minimum atomic E-state index is -3.65. The Kier molecular flexibility index (Phi) is 9.20. The first kappa shape index (κ1) is 28.2. The molecule has 1 aromatic rings. The summed E-state index contributed by atoms with van der Waals surface area (Å²) in [5, 5.41) is 5.07. The number of Topliss-reactive ketones (excluding diaryl/α,β-unsaturated/α-hetero) is 1. The predicted molar refractivity (Wildman–Crippen MR) is 137 cm³/mol. The Balaban J connectivity index is 0.00000361. The molecular formula is C23H34ClN5O6S. The SMILES string of the molecule is COc1ccc(NS(=O)(=O)N2CCCC2)cc1C(=O)CCCCN1CCC2(CC1)NC(=O)NC2=O.Cl. The third-order valence-corrected chi connectivity index (χ3v) is 8.54. The Hall–Kier alpha value is -2.41. The Morgan fingerprint density at radius 1 is 1.11 bits per heavy atom. The van der Waals surface area contributed by atoms with E-state index in [4.69, 9.17) is 4.74 Å². The molecule has 0 saturated carbocycles. The molecule has 3 heterocycles. The van der Waals surface area contributed by atoms with Gasteiger partial charge in [0.05, 0.1) is 18.4 Å². The van der Waals surface area contributed by atoms with Gasteiger partial charge in [0.2, 0.25) is 0 Å². The van der Waals surface area contributed by atoms with Crippen LogP contribution in [0.5, 0.6) is 5.75 Å². The molecule has 3 N–H and O–H groups in total. The number of urea groups is 1. The van der Waals surface area contributed by atoms with E-state index in [1.807, 2.05) is 0 Å². The van der Waals surface area contributed by atoms with E-state index in [1.165, 1.54) is 11.4 Å². The summed E-state index contributed by atoms with van der Waals surface area (Å²) in [6.07, 6.45) is 4.62. The van der Waals surface area contributed by atoms with Crippen LogP contribution in [0.1, 0.15) is 55.3 Å². The predicted octanol–water partition coefficient (Wildman–Crippen LogP) is 1.90. The third-order valence-electron chi connectivity index (χ3n) is 7.00. The lowest BCUT2D eigenvalue weighted by molar-refractivity contribution is -0.125. The van der Waals surface area contributed by atoms with E-state index < -0.39 is 21.8 Å². The van der Waals surface area contributed by atoms with E-state index >= 15 is 0 Å². The maximum Gasteiger partial charge on any atom is 0.322 e. The molecule has 0 aromatic heterocycles. The quantitative estimate of drug-likeness (QED) is 0.233. The summed E-state index contributed by atoms with van der Waals surface area (Å²) in [5.74, 6) is 0.0657. The minimum Gasteiger partial charge on any atom is -0.496 e. The molecular weight excluding hydrogens is 510 g/mol. The average Bonchev–Trinajstić information content (AvgIpc) is 3.47. The van der Waals surface area contributed by atoms with Gasteiger partial charge in [0.25, 0.3) is 5.91 Å². The van der Waals surface area contributed by atoms with E-state index in [0.717, 1.165) is 25.8 Å². The van der Waals surface area contributed by atoms with Crippen LogP contribution >= 0.6 is 12.4 Å². The van der Waals surface area contributed by atoms with Crippen LogP contribution in [-0.2, 0) is 15.0 Å². The van der Waals surface area contributed by atoms with Crippen molar-refractivity contribution < 1.29 is 27.5 Å². The highest BCUT2D eigenvalue weighted by molar-refractivity contribution is 7.90. The number of methoxy groups -OCH3 is 1. The van der Waals surface area contributed by atoms with Crippen molar-refractivity contribution in [2.45, 2.75) is 50.5 Å². The van der Waals surface area contributed by atoms with Gasteiger partial charge in [-0.2, -0.15) is 12.7 Å². The number of carbonyl (C=O) groups excluding carboxylic acids is 3. The van der Waals surface area contributed by atoms with Gasteiger partial charge in [0, 0.05) is 32.6 Å². The Morgan fingerprint density at radius 2 is 1.81 bits per heavy atom. The molecule has 0 radical (unpaired) electrons. The van der Waals surface area contributed by atoms with Crippen LogP contribution in [0.3, 0.4) is 0 Å². The maximum absolute atomic E-state index is 12.9. The Bertz CT molecular complexity index is 1080. The number of halogens is 1. The van der Waals surface area contributed by atoms with Crippen molar-refractivity contribution in [3.8, 4) is 5.75 Å². The third kappa shape index (κ3) is 6.28. The summed E-state index contributed by atoms with van der Waals surface area (Å²) in [7, 11) is -2.16. The molecule has 0 bridgehead atoms. The van der Waals surface area contributed by atoms with Gasteiger partial charge in [-0.15, -0.1) is 12.4 Å². The highest BCUT2D eigenvalue weighted by Gasteiger charge is 2.47. The van der Waals surface area contributed by atoms with Crippen LogP contribution in [-0.4, -0.2) is 80.7 Å². The number of nitrogens with one attached hydrogen (secondary N) is 3. The second kappa shape index (κ2) is 11.8. The van der Waals surface area contributed by atoms with Crippen LogP contribution in [0.4, 0.5) is 10.5 Å². The molecule has 1 spiro atoms. The van der Waals surface area contributed by atoms with Crippen LogP contribution in [0.2, 0.25) is 0 Å². The number of rotatable bonds is 10. The number of ketones is 1. The molecule has 200 valence electrons. The molecule has 13 heteroatoms. The molecule has 3 aliphatic heterocycles. The Morgan fingerprint density at radius 3 is 2.42 bits per heavy atom. The first-order valence-corrected chi connectivity index (χ1v) is 13.5. The van der Waals surface area contributed by atoms with E-state index in [-0.39, 0.29) is 24.1 Å². The standard InChI is InChI=1S/C23H33N5O6S.ClH/c1-34-20-8-7-17(26-35(32,33)28-12-4-5-13-28)16-18(20)19(29)6-2-3-11-27-14-9-23(10-15-27)21(30)24-22(31)25-23;/h7-8,16,26H,2-6,9-15H2,1H3,(H2,24,25,30,31);1H. The average molecular weight is 544 g/mol. The van der Waals surface area contributed by atoms with Crippen molar-refractivity contribution in [2.24, 2.45) is 0 Å². The fourth-order valence-electron chi connectivity index (χ4n) is 4.93.